The fourth-order valence-electron chi connectivity index (χ4n) is 1.32. The van der Waals surface area contributed by atoms with Gasteiger partial charge in [0.2, 0.25) is 0 Å². The molecule has 0 unspecified atom stereocenters. The lowest BCUT2D eigenvalue weighted by molar-refractivity contribution is 0.0950. The van der Waals surface area contributed by atoms with Crippen LogP contribution < -0.4 is 5.43 Å². The summed E-state index contributed by atoms with van der Waals surface area (Å²) in [4.78, 5) is 19.7. The molecule has 0 aliphatic rings. The van der Waals surface area contributed by atoms with Crippen molar-refractivity contribution < 1.29 is 4.79 Å². The Morgan fingerprint density at radius 2 is 1.67 bits per heavy atom. The Morgan fingerprint density at radius 1 is 1.06 bits per heavy atom. The van der Waals surface area contributed by atoms with E-state index in [1.165, 1.54) is 0 Å². The van der Waals surface area contributed by atoms with E-state index in [0.29, 0.717) is 11.4 Å². The van der Waals surface area contributed by atoms with Gasteiger partial charge in [0.25, 0.3) is 5.91 Å². The van der Waals surface area contributed by atoms with Crippen LogP contribution in [-0.2, 0) is 0 Å². The largest absolute Gasteiger partial charge is 0.289 e. The van der Waals surface area contributed by atoms with Gasteiger partial charge in [0.1, 0.15) is 5.69 Å². The standard InChI is InChI=1S/C13H12N4O/c1-10(11-6-2-4-8-14-11)16-17-13(18)12-7-3-5-9-15-12/h2-9H,1H3,(H,17,18). The van der Waals surface area contributed by atoms with Crippen LogP contribution in [-0.4, -0.2) is 21.6 Å². The molecule has 1 N–H and O–H groups in total. The van der Waals surface area contributed by atoms with Crippen LogP contribution in [0.25, 0.3) is 0 Å². The van der Waals surface area contributed by atoms with E-state index in [4.69, 9.17) is 0 Å². The minimum absolute atomic E-state index is 0.329. The number of rotatable bonds is 3. The second-order valence-corrected chi connectivity index (χ2v) is 3.57. The first kappa shape index (κ1) is 11.9. The lowest BCUT2D eigenvalue weighted by Gasteiger charge is -2.01. The number of carbonyl (C=O) groups excluding carboxylic acids is 1. The smallest absolute Gasteiger partial charge is 0.266 e. The molecule has 0 saturated heterocycles. The van der Waals surface area contributed by atoms with Gasteiger partial charge in [-0.15, -0.1) is 0 Å². The van der Waals surface area contributed by atoms with E-state index in [1.54, 1.807) is 37.5 Å². The minimum Gasteiger partial charge on any atom is -0.266 e. The van der Waals surface area contributed by atoms with E-state index in [1.807, 2.05) is 18.2 Å². The van der Waals surface area contributed by atoms with Gasteiger partial charge in [-0.3, -0.25) is 14.8 Å². The van der Waals surface area contributed by atoms with Gasteiger partial charge in [-0.05, 0) is 31.2 Å². The highest BCUT2D eigenvalue weighted by atomic mass is 16.2. The van der Waals surface area contributed by atoms with Crippen LogP contribution in [0.5, 0.6) is 0 Å². The summed E-state index contributed by atoms with van der Waals surface area (Å²) >= 11 is 0. The average Bonchev–Trinajstić information content (AvgIpc) is 2.46. The number of aromatic nitrogens is 2. The molecule has 1 amide bonds. The maximum Gasteiger partial charge on any atom is 0.289 e. The molecule has 0 spiro atoms. The molecule has 0 saturated carbocycles. The Kier molecular flexibility index (Phi) is 3.76. The lowest BCUT2D eigenvalue weighted by atomic mass is 10.3. The molecule has 5 heteroatoms. The normalized spacial score (nSPS) is 11.1. The number of pyridine rings is 2. The van der Waals surface area contributed by atoms with Crippen molar-refractivity contribution in [3.63, 3.8) is 0 Å². The monoisotopic (exact) mass is 240 g/mol. The van der Waals surface area contributed by atoms with Gasteiger partial charge in [0.15, 0.2) is 0 Å². The maximum absolute atomic E-state index is 11.7. The number of nitrogens with one attached hydrogen (secondary N) is 1. The molecule has 0 aliphatic heterocycles. The van der Waals surface area contributed by atoms with Crippen molar-refractivity contribution in [3.8, 4) is 0 Å². The molecule has 0 bridgehead atoms. The van der Waals surface area contributed by atoms with Crippen LogP contribution in [0, 0.1) is 0 Å². The molecule has 90 valence electrons. The summed E-state index contributed by atoms with van der Waals surface area (Å²) in [6, 6.07) is 10.6. The summed E-state index contributed by atoms with van der Waals surface area (Å²) < 4.78 is 0. The van der Waals surface area contributed by atoms with Crippen LogP contribution in [0.2, 0.25) is 0 Å². The Balaban J connectivity index is 2.05. The molecule has 2 aromatic heterocycles. The summed E-state index contributed by atoms with van der Waals surface area (Å²) in [5.41, 5.74) is 4.13. The second-order valence-electron chi connectivity index (χ2n) is 3.57. The summed E-state index contributed by atoms with van der Waals surface area (Å²) in [7, 11) is 0. The topological polar surface area (TPSA) is 67.2 Å². The van der Waals surface area contributed by atoms with Crippen molar-refractivity contribution >= 4 is 11.6 Å². The third-order valence-electron chi connectivity index (χ3n) is 2.26. The molecule has 2 rings (SSSR count). The predicted octanol–water partition coefficient (Wildman–Crippen LogP) is 1.63. The van der Waals surface area contributed by atoms with Crippen LogP contribution in [0.4, 0.5) is 0 Å². The predicted molar refractivity (Wildman–Crippen MR) is 68.2 cm³/mol. The SMILES string of the molecule is CC(=NNC(=O)c1ccccn1)c1ccccn1. The third-order valence-corrected chi connectivity index (χ3v) is 2.26. The molecule has 2 aromatic rings. The van der Waals surface area contributed by atoms with E-state index in [-0.39, 0.29) is 5.91 Å². The summed E-state index contributed by atoms with van der Waals surface area (Å²) in [5.74, 6) is -0.342. The van der Waals surface area contributed by atoms with E-state index in [9.17, 15) is 4.79 Å². The number of amides is 1. The zero-order chi connectivity index (χ0) is 12.8. The molecular formula is C13H12N4O. The van der Waals surface area contributed by atoms with Crippen LogP contribution in [0.15, 0.2) is 53.9 Å². The first-order valence-electron chi connectivity index (χ1n) is 5.44. The number of hydrogen-bond donors (Lipinski definition) is 1. The fraction of sp³-hybridized carbons (Fsp3) is 0.0769. The molecule has 0 fully saturated rings. The van der Waals surface area contributed by atoms with Crippen LogP contribution in [0.3, 0.4) is 0 Å². The van der Waals surface area contributed by atoms with E-state index in [0.717, 1.165) is 5.69 Å². The highest BCUT2D eigenvalue weighted by molar-refractivity contribution is 5.99. The third kappa shape index (κ3) is 2.98. The zero-order valence-electron chi connectivity index (χ0n) is 9.87. The molecule has 2 heterocycles. The number of hydrazone groups is 1. The maximum atomic E-state index is 11.7. The highest BCUT2D eigenvalue weighted by Gasteiger charge is 2.05. The van der Waals surface area contributed by atoms with Crippen molar-refractivity contribution in [3.05, 3.63) is 60.2 Å². The number of carbonyl (C=O) groups is 1. The fourth-order valence-corrected chi connectivity index (χ4v) is 1.32. The van der Waals surface area contributed by atoms with E-state index < -0.39 is 0 Å². The minimum atomic E-state index is -0.342. The van der Waals surface area contributed by atoms with Gasteiger partial charge in [0.05, 0.1) is 11.4 Å². The Bertz CT molecular complexity index is 552. The summed E-state index contributed by atoms with van der Waals surface area (Å²) in [6.07, 6.45) is 3.24. The van der Waals surface area contributed by atoms with E-state index in [2.05, 4.69) is 20.5 Å². The van der Waals surface area contributed by atoms with Crippen LogP contribution in [0.1, 0.15) is 23.1 Å². The van der Waals surface area contributed by atoms with Crippen molar-refractivity contribution in [2.24, 2.45) is 5.10 Å². The van der Waals surface area contributed by atoms with Crippen molar-refractivity contribution in [2.75, 3.05) is 0 Å². The van der Waals surface area contributed by atoms with Gasteiger partial charge < -0.3 is 0 Å². The average molecular weight is 240 g/mol. The summed E-state index contributed by atoms with van der Waals surface area (Å²) in [6.45, 7) is 1.78. The first-order valence-corrected chi connectivity index (χ1v) is 5.44. The quantitative estimate of drug-likeness (QED) is 0.655. The van der Waals surface area contributed by atoms with Crippen molar-refractivity contribution in [2.45, 2.75) is 6.92 Å². The lowest BCUT2D eigenvalue weighted by Crippen LogP contribution is -2.20. The van der Waals surface area contributed by atoms with E-state index >= 15 is 0 Å². The molecule has 18 heavy (non-hydrogen) atoms. The van der Waals surface area contributed by atoms with Gasteiger partial charge in [-0.2, -0.15) is 5.10 Å². The molecule has 0 radical (unpaired) electrons. The molecule has 0 atom stereocenters. The van der Waals surface area contributed by atoms with Gasteiger partial charge in [-0.1, -0.05) is 12.1 Å². The molecular weight excluding hydrogens is 228 g/mol. The number of nitrogens with zero attached hydrogens (tertiary/aromatic N) is 3. The first-order chi connectivity index (χ1) is 8.77. The van der Waals surface area contributed by atoms with Gasteiger partial charge in [0, 0.05) is 12.4 Å². The zero-order valence-corrected chi connectivity index (χ0v) is 9.87. The Morgan fingerprint density at radius 3 is 2.22 bits per heavy atom. The van der Waals surface area contributed by atoms with Gasteiger partial charge in [-0.25, -0.2) is 5.43 Å². The van der Waals surface area contributed by atoms with Crippen molar-refractivity contribution in [1.29, 1.82) is 0 Å². The second kappa shape index (κ2) is 5.67. The van der Waals surface area contributed by atoms with Crippen LogP contribution >= 0.6 is 0 Å². The molecule has 0 aliphatic carbocycles. The Labute approximate surface area is 105 Å². The van der Waals surface area contributed by atoms with Gasteiger partial charge >= 0.3 is 0 Å². The molecule has 5 nitrogen and oxygen atoms in total. The summed E-state index contributed by atoms with van der Waals surface area (Å²) in [5, 5.41) is 3.99. The number of hydrogen-bond acceptors (Lipinski definition) is 4. The molecule has 0 aromatic carbocycles. The van der Waals surface area contributed by atoms with Crippen molar-refractivity contribution in [1.82, 2.24) is 15.4 Å². The highest BCUT2D eigenvalue weighted by Crippen LogP contribution is 1.96. The Hall–Kier alpha value is -2.56.